The van der Waals surface area contributed by atoms with E-state index in [0.29, 0.717) is 17.7 Å². The lowest BCUT2D eigenvalue weighted by atomic mass is 10.0. The van der Waals surface area contributed by atoms with Crippen LogP contribution in [0.4, 0.5) is 5.69 Å². The van der Waals surface area contributed by atoms with Gasteiger partial charge in [0.2, 0.25) is 0 Å². The Labute approximate surface area is 115 Å². The van der Waals surface area contributed by atoms with E-state index in [1.165, 1.54) is 0 Å². The van der Waals surface area contributed by atoms with Gasteiger partial charge >= 0.3 is 0 Å². The normalized spacial score (nSPS) is 10.3. The summed E-state index contributed by atoms with van der Waals surface area (Å²) in [6.45, 7) is 1.93. The van der Waals surface area contributed by atoms with E-state index in [4.69, 9.17) is 5.73 Å². The highest BCUT2D eigenvalue weighted by Crippen LogP contribution is 2.16. The molecule has 0 radical (unpaired) electrons. The number of carbonyl (C=O) groups excluding carboxylic acids is 1. The molecule has 0 aliphatic rings. The zero-order valence-electron chi connectivity index (χ0n) is 10.1. The number of Topliss-reactive ketones (excluding diaryl/α,β-unsaturated/α-hetero) is 1. The van der Waals surface area contributed by atoms with E-state index >= 15 is 0 Å². The third-order valence-electron chi connectivity index (χ3n) is 2.88. The maximum Gasteiger partial charge on any atom is 0.167 e. The lowest BCUT2D eigenvalue weighted by Crippen LogP contribution is -2.04. The largest absolute Gasteiger partial charge is 0.398 e. The summed E-state index contributed by atoms with van der Waals surface area (Å²) in [7, 11) is 0. The highest BCUT2D eigenvalue weighted by molar-refractivity contribution is 9.10. The van der Waals surface area contributed by atoms with E-state index in [9.17, 15) is 4.79 Å². The standard InChI is InChI=1S/C15H14BrNO/c1-10-2-5-12(9-14(10)17)15(18)8-11-3-6-13(16)7-4-11/h2-7,9H,8,17H2,1H3. The van der Waals surface area contributed by atoms with Crippen LogP contribution in [0.2, 0.25) is 0 Å². The number of benzene rings is 2. The first-order chi connectivity index (χ1) is 8.56. The van der Waals surface area contributed by atoms with Gasteiger partial charge in [-0.3, -0.25) is 4.79 Å². The van der Waals surface area contributed by atoms with Crippen molar-refractivity contribution in [2.75, 3.05) is 5.73 Å². The molecule has 0 fully saturated rings. The zero-order valence-corrected chi connectivity index (χ0v) is 11.7. The molecule has 3 heteroatoms. The average Bonchev–Trinajstić information content (AvgIpc) is 2.35. The molecule has 0 spiro atoms. The maximum absolute atomic E-state index is 12.1. The van der Waals surface area contributed by atoms with Crippen molar-refractivity contribution in [2.45, 2.75) is 13.3 Å². The summed E-state index contributed by atoms with van der Waals surface area (Å²) >= 11 is 3.37. The minimum Gasteiger partial charge on any atom is -0.398 e. The van der Waals surface area contributed by atoms with E-state index in [-0.39, 0.29) is 5.78 Å². The molecule has 0 amide bonds. The molecule has 0 unspecified atom stereocenters. The fraction of sp³-hybridized carbons (Fsp3) is 0.133. The molecular formula is C15H14BrNO. The van der Waals surface area contributed by atoms with Crippen molar-refractivity contribution in [3.8, 4) is 0 Å². The average molecular weight is 304 g/mol. The van der Waals surface area contributed by atoms with E-state index < -0.39 is 0 Å². The van der Waals surface area contributed by atoms with Crippen LogP contribution in [0, 0.1) is 6.92 Å². The second-order valence-corrected chi connectivity index (χ2v) is 5.21. The van der Waals surface area contributed by atoms with Crippen LogP contribution in [-0.4, -0.2) is 5.78 Å². The Balaban J connectivity index is 2.16. The number of nitrogens with two attached hydrogens (primary N) is 1. The third-order valence-corrected chi connectivity index (χ3v) is 3.41. The van der Waals surface area contributed by atoms with Crippen molar-refractivity contribution in [3.05, 3.63) is 63.6 Å². The molecule has 2 N–H and O–H groups in total. The second kappa shape index (κ2) is 5.36. The van der Waals surface area contributed by atoms with Gasteiger partial charge in [-0.05, 0) is 36.2 Å². The fourth-order valence-corrected chi connectivity index (χ4v) is 1.97. The summed E-state index contributed by atoms with van der Waals surface area (Å²) in [4.78, 5) is 12.1. The number of hydrogen-bond acceptors (Lipinski definition) is 2. The van der Waals surface area contributed by atoms with Crippen LogP contribution in [-0.2, 0) is 6.42 Å². The van der Waals surface area contributed by atoms with Crippen molar-refractivity contribution >= 4 is 27.4 Å². The summed E-state index contributed by atoms with van der Waals surface area (Å²) in [5.74, 6) is 0.0871. The lowest BCUT2D eigenvalue weighted by Gasteiger charge is -2.05. The number of rotatable bonds is 3. The van der Waals surface area contributed by atoms with Gasteiger partial charge in [0.1, 0.15) is 0 Å². The predicted octanol–water partition coefficient (Wildman–Crippen LogP) is 3.77. The number of anilines is 1. The van der Waals surface area contributed by atoms with E-state index in [1.807, 2.05) is 43.3 Å². The fourth-order valence-electron chi connectivity index (χ4n) is 1.70. The summed E-state index contributed by atoms with van der Waals surface area (Å²) in [5, 5.41) is 0. The van der Waals surface area contributed by atoms with E-state index in [2.05, 4.69) is 15.9 Å². The molecular weight excluding hydrogens is 290 g/mol. The molecule has 2 rings (SSSR count). The molecule has 92 valence electrons. The van der Waals surface area contributed by atoms with Crippen LogP contribution >= 0.6 is 15.9 Å². The smallest absolute Gasteiger partial charge is 0.167 e. The Hall–Kier alpha value is -1.61. The van der Waals surface area contributed by atoms with Crippen molar-refractivity contribution < 1.29 is 4.79 Å². The molecule has 2 nitrogen and oxygen atoms in total. The van der Waals surface area contributed by atoms with Gasteiger partial charge in [0, 0.05) is 22.1 Å². The topological polar surface area (TPSA) is 43.1 Å². The first-order valence-corrected chi connectivity index (χ1v) is 6.49. The number of ketones is 1. The van der Waals surface area contributed by atoms with Gasteiger partial charge in [-0.1, -0.05) is 40.2 Å². The van der Waals surface area contributed by atoms with Crippen LogP contribution < -0.4 is 5.73 Å². The minimum atomic E-state index is 0.0871. The molecule has 0 saturated carbocycles. The van der Waals surface area contributed by atoms with Crippen molar-refractivity contribution in [1.29, 1.82) is 0 Å². The molecule has 0 saturated heterocycles. The summed E-state index contributed by atoms with van der Waals surface area (Å²) in [5.41, 5.74) is 9.14. The van der Waals surface area contributed by atoms with Gasteiger partial charge < -0.3 is 5.73 Å². The molecule has 2 aromatic rings. The Kier molecular flexibility index (Phi) is 3.82. The van der Waals surface area contributed by atoms with Gasteiger partial charge in [-0.15, -0.1) is 0 Å². The lowest BCUT2D eigenvalue weighted by molar-refractivity contribution is 0.0993. The third kappa shape index (κ3) is 2.99. The molecule has 0 aliphatic heterocycles. The van der Waals surface area contributed by atoms with E-state index in [1.54, 1.807) is 6.07 Å². The first-order valence-electron chi connectivity index (χ1n) is 5.70. The number of carbonyl (C=O) groups is 1. The predicted molar refractivity (Wildman–Crippen MR) is 77.8 cm³/mol. The number of nitrogen functional groups attached to an aromatic ring is 1. The molecule has 18 heavy (non-hydrogen) atoms. The molecule has 0 heterocycles. The van der Waals surface area contributed by atoms with Crippen molar-refractivity contribution in [1.82, 2.24) is 0 Å². The SMILES string of the molecule is Cc1ccc(C(=O)Cc2ccc(Br)cc2)cc1N. The molecule has 0 aromatic heterocycles. The van der Waals surface area contributed by atoms with Gasteiger partial charge in [0.05, 0.1) is 0 Å². The summed E-state index contributed by atoms with van der Waals surface area (Å²) in [6.07, 6.45) is 0.399. The quantitative estimate of drug-likeness (QED) is 0.693. The van der Waals surface area contributed by atoms with Crippen LogP contribution in [0.1, 0.15) is 21.5 Å². The Morgan fingerprint density at radius 1 is 1.17 bits per heavy atom. The number of hydrogen-bond donors (Lipinski definition) is 1. The molecule has 0 aliphatic carbocycles. The van der Waals surface area contributed by atoms with Gasteiger partial charge in [-0.2, -0.15) is 0 Å². The van der Waals surface area contributed by atoms with Crippen LogP contribution in [0.3, 0.4) is 0 Å². The maximum atomic E-state index is 12.1. The highest BCUT2D eigenvalue weighted by Gasteiger charge is 2.08. The summed E-state index contributed by atoms with van der Waals surface area (Å²) in [6, 6.07) is 13.2. The van der Waals surface area contributed by atoms with E-state index in [0.717, 1.165) is 15.6 Å². The highest BCUT2D eigenvalue weighted by atomic mass is 79.9. The molecule has 0 bridgehead atoms. The Morgan fingerprint density at radius 2 is 1.83 bits per heavy atom. The monoisotopic (exact) mass is 303 g/mol. The summed E-state index contributed by atoms with van der Waals surface area (Å²) < 4.78 is 1.01. The van der Waals surface area contributed by atoms with Crippen LogP contribution in [0.5, 0.6) is 0 Å². The Bertz CT molecular complexity index is 576. The minimum absolute atomic E-state index is 0.0871. The van der Waals surface area contributed by atoms with Crippen molar-refractivity contribution in [2.24, 2.45) is 0 Å². The van der Waals surface area contributed by atoms with Gasteiger partial charge in [0.25, 0.3) is 0 Å². The second-order valence-electron chi connectivity index (χ2n) is 4.30. The van der Waals surface area contributed by atoms with Crippen molar-refractivity contribution in [3.63, 3.8) is 0 Å². The van der Waals surface area contributed by atoms with Gasteiger partial charge in [0.15, 0.2) is 5.78 Å². The van der Waals surface area contributed by atoms with Crippen LogP contribution in [0.25, 0.3) is 0 Å². The number of aryl methyl sites for hydroxylation is 1. The molecule has 2 aromatic carbocycles. The van der Waals surface area contributed by atoms with Crippen LogP contribution in [0.15, 0.2) is 46.9 Å². The molecule has 0 atom stereocenters. The first kappa shape index (κ1) is 12.8. The zero-order chi connectivity index (χ0) is 13.1. The van der Waals surface area contributed by atoms with Gasteiger partial charge in [-0.25, -0.2) is 0 Å². The number of halogens is 1. The Morgan fingerprint density at radius 3 is 2.44 bits per heavy atom.